The molecule has 0 aromatic heterocycles. The highest BCUT2D eigenvalue weighted by Gasteiger charge is 2.43. The highest BCUT2D eigenvalue weighted by atomic mass is 16.5. The van der Waals surface area contributed by atoms with Gasteiger partial charge < -0.3 is 10.1 Å². The van der Waals surface area contributed by atoms with E-state index in [9.17, 15) is 4.79 Å². The third-order valence-electron chi connectivity index (χ3n) is 4.07. The van der Waals surface area contributed by atoms with Crippen LogP contribution >= 0.6 is 0 Å². The first-order valence-electron chi connectivity index (χ1n) is 6.25. The van der Waals surface area contributed by atoms with Crippen molar-refractivity contribution in [2.24, 2.45) is 11.8 Å². The lowest BCUT2D eigenvalue weighted by Crippen LogP contribution is -2.30. The highest BCUT2D eigenvalue weighted by molar-refractivity contribution is 5.74. The molecule has 15 heavy (non-hydrogen) atoms. The van der Waals surface area contributed by atoms with Gasteiger partial charge in [0, 0.05) is 12.1 Å². The number of carbonyl (C=O) groups is 1. The molecule has 1 aliphatic carbocycles. The summed E-state index contributed by atoms with van der Waals surface area (Å²) in [6, 6.07) is 1.01. The second-order valence-corrected chi connectivity index (χ2v) is 5.29. The van der Waals surface area contributed by atoms with Crippen molar-refractivity contribution in [2.75, 3.05) is 6.61 Å². The van der Waals surface area contributed by atoms with Crippen molar-refractivity contribution in [1.82, 2.24) is 5.32 Å². The largest absolute Gasteiger partial charge is 0.465 e. The monoisotopic (exact) mass is 209 g/mol. The fourth-order valence-corrected chi connectivity index (χ4v) is 2.92. The molecule has 84 valence electrons. The van der Waals surface area contributed by atoms with Crippen LogP contribution in [0.4, 0.5) is 0 Å². The van der Waals surface area contributed by atoms with Crippen LogP contribution in [0.1, 0.15) is 38.5 Å². The first kappa shape index (κ1) is 9.64. The molecule has 2 aliphatic heterocycles. The van der Waals surface area contributed by atoms with Gasteiger partial charge in [-0.15, -0.1) is 0 Å². The van der Waals surface area contributed by atoms with E-state index < -0.39 is 0 Å². The molecule has 0 amide bonds. The minimum Gasteiger partial charge on any atom is -0.465 e. The van der Waals surface area contributed by atoms with Gasteiger partial charge in [-0.05, 0) is 31.6 Å². The molecule has 3 rings (SSSR count). The predicted octanol–water partition coefficient (Wildman–Crippen LogP) is 1.47. The van der Waals surface area contributed by atoms with E-state index in [0.29, 0.717) is 18.7 Å². The quantitative estimate of drug-likeness (QED) is 0.713. The molecule has 3 atom stereocenters. The third kappa shape index (κ3) is 2.03. The Morgan fingerprint density at radius 2 is 2.13 bits per heavy atom. The summed E-state index contributed by atoms with van der Waals surface area (Å²) in [5.41, 5.74) is 0. The van der Waals surface area contributed by atoms with Gasteiger partial charge in [-0.3, -0.25) is 4.79 Å². The van der Waals surface area contributed by atoms with Gasteiger partial charge >= 0.3 is 5.97 Å². The molecule has 1 saturated carbocycles. The van der Waals surface area contributed by atoms with Crippen LogP contribution in [0.15, 0.2) is 0 Å². The average Bonchev–Trinajstić information content (AvgIpc) is 2.83. The maximum absolute atomic E-state index is 11.8. The summed E-state index contributed by atoms with van der Waals surface area (Å²) < 4.78 is 5.35. The van der Waals surface area contributed by atoms with Gasteiger partial charge in [0.2, 0.25) is 0 Å². The van der Waals surface area contributed by atoms with Crippen molar-refractivity contribution in [3.05, 3.63) is 0 Å². The average molecular weight is 209 g/mol. The molecule has 0 aromatic carbocycles. The summed E-state index contributed by atoms with van der Waals surface area (Å²) >= 11 is 0. The van der Waals surface area contributed by atoms with Gasteiger partial charge in [-0.25, -0.2) is 0 Å². The van der Waals surface area contributed by atoms with Gasteiger partial charge in [0.15, 0.2) is 0 Å². The zero-order valence-electron chi connectivity index (χ0n) is 9.08. The molecule has 1 N–H and O–H groups in total. The standard InChI is InChI=1S/C12H19NO2/c14-12(15-6-5-8-1-2-8)10-7-9-3-4-11(10)13-9/h8-11,13H,1-7H2. The lowest BCUT2D eigenvalue weighted by molar-refractivity contribution is -0.149. The van der Waals surface area contributed by atoms with E-state index in [1.54, 1.807) is 0 Å². The van der Waals surface area contributed by atoms with Crippen LogP contribution < -0.4 is 5.32 Å². The van der Waals surface area contributed by atoms with Crippen LogP contribution in [0, 0.1) is 11.8 Å². The molecule has 0 radical (unpaired) electrons. The van der Waals surface area contributed by atoms with Crippen LogP contribution in [0.5, 0.6) is 0 Å². The van der Waals surface area contributed by atoms with Gasteiger partial charge in [-0.1, -0.05) is 12.8 Å². The number of ether oxygens (including phenoxy) is 1. The molecule has 3 heteroatoms. The Balaban J connectivity index is 1.43. The van der Waals surface area contributed by atoms with Crippen molar-refractivity contribution in [3.63, 3.8) is 0 Å². The van der Waals surface area contributed by atoms with Crippen molar-refractivity contribution >= 4 is 5.97 Å². The molecule has 3 aliphatic rings. The van der Waals surface area contributed by atoms with Gasteiger partial charge in [-0.2, -0.15) is 0 Å². The second-order valence-electron chi connectivity index (χ2n) is 5.29. The summed E-state index contributed by atoms with van der Waals surface area (Å²) in [6.45, 7) is 0.650. The predicted molar refractivity (Wildman–Crippen MR) is 56.4 cm³/mol. The lowest BCUT2D eigenvalue weighted by Gasteiger charge is -2.18. The minimum absolute atomic E-state index is 0.0513. The summed E-state index contributed by atoms with van der Waals surface area (Å²) in [6.07, 6.45) is 7.18. The summed E-state index contributed by atoms with van der Waals surface area (Å²) in [7, 11) is 0. The van der Waals surface area contributed by atoms with Crippen LogP contribution in [0.2, 0.25) is 0 Å². The SMILES string of the molecule is O=C(OCCC1CC1)C1CC2CCC1N2. The highest BCUT2D eigenvalue weighted by Crippen LogP contribution is 2.35. The number of rotatable bonds is 4. The summed E-state index contributed by atoms with van der Waals surface area (Å²) in [5.74, 6) is 1.06. The van der Waals surface area contributed by atoms with E-state index in [-0.39, 0.29) is 11.9 Å². The number of fused-ring (bicyclic) bond motifs is 2. The minimum atomic E-state index is 0.0513. The number of esters is 1. The molecule has 3 fully saturated rings. The molecule has 3 nitrogen and oxygen atoms in total. The van der Waals surface area contributed by atoms with Crippen molar-refractivity contribution in [1.29, 1.82) is 0 Å². The first-order valence-corrected chi connectivity index (χ1v) is 6.25. The van der Waals surface area contributed by atoms with E-state index in [1.807, 2.05) is 0 Å². The Kier molecular flexibility index (Phi) is 2.43. The fourth-order valence-electron chi connectivity index (χ4n) is 2.92. The van der Waals surface area contributed by atoms with E-state index >= 15 is 0 Å². The molecular formula is C12H19NO2. The molecule has 0 aromatic rings. The zero-order valence-corrected chi connectivity index (χ0v) is 9.08. The number of nitrogens with one attached hydrogen (secondary N) is 1. The third-order valence-corrected chi connectivity index (χ3v) is 4.07. The lowest BCUT2D eigenvalue weighted by atomic mass is 9.89. The van der Waals surface area contributed by atoms with Crippen LogP contribution in [0.3, 0.4) is 0 Å². The zero-order chi connectivity index (χ0) is 10.3. The second kappa shape index (κ2) is 3.78. The van der Waals surface area contributed by atoms with E-state index in [2.05, 4.69) is 5.32 Å². The maximum Gasteiger partial charge on any atom is 0.310 e. The van der Waals surface area contributed by atoms with Crippen molar-refractivity contribution in [3.8, 4) is 0 Å². The molecule has 2 bridgehead atoms. The molecular weight excluding hydrogens is 190 g/mol. The summed E-state index contributed by atoms with van der Waals surface area (Å²) in [5, 5.41) is 3.47. The van der Waals surface area contributed by atoms with Crippen molar-refractivity contribution < 1.29 is 9.53 Å². The van der Waals surface area contributed by atoms with E-state index in [1.165, 1.54) is 19.3 Å². The normalized spacial score (nSPS) is 38.3. The summed E-state index contributed by atoms with van der Waals surface area (Å²) in [4.78, 5) is 11.8. The number of hydrogen-bond donors (Lipinski definition) is 1. The topological polar surface area (TPSA) is 38.3 Å². The number of hydrogen-bond acceptors (Lipinski definition) is 3. The maximum atomic E-state index is 11.8. The van der Waals surface area contributed by atoms with Gasteiger partial charge in [0.25, 0.3) is 0 Å². The van der Waals surface area contributed by atoms with Gasteiger partial charge in [0.1, 0.15) is 0 Å². The Labute approximate surface area is 90.6 Å². The fraction of sp³-hybridized carbons (Fsp3) is 0.917. The van der Waals surface area contributed by atoms with Crippen molar-refractivity contribution in [2.45, 2.75) is 50.6 Å². The molecule has 2 saturated heterocycles. The van der Waals surface area contributed by atoms with Crippen LogP contribution in [0.25, 0.3) is 0 Å². The van der Waals surface area contributed by atoms with Crippen LogP contribution in [-0.2, 0) is 9.53 Å². The smallest absolute Gasteiger partial charge is 0.310 e. The van der Waals surface area contributed by atoms with E-state index in [0.717, 1.165) is 25.2 Å². The Hall–Kier alpha value is -0.570. The van der Waals surface area contributed by atoms with Crippen LogP contribution in [-0.4, -0.2) is 24.7 Å². The molecule has 2 heterocycles. The van der Waals surface area contributed by atoms with Gasteiger partial charge in [0.05, 0.1) is 12.5 Å². The molecule has 3 unspecified atom stereocenters. The Morgan fingerprint density at radius 1 is 1.27 bits per heavy atom. The Bertz CT molecular complexity index is 262. The first-order chi connectivity index (χ1) is 7.33. The van der Waals surface area contributed by atoms with E-state index in [4.69, 9.17) is 4.74 Å². The molecule has 0 spiro atoms. The Morgan fingerprint density at radius 3 is 2.73 bits per heavy atom. The number of carbonyl (C=O) groups excluding carboxylic acids is 1.